The molecular formula is C14H29N3. The van der Waals surface area contributed by atoms with E-state index >= 15 is 0 Å². The van der Waals surface area contributed by atoms with E-state index in [1.54, 1.807) is 0 Å². The van der Waals surface area contributed by atoms with Gasteiger partial charge in [-0.3, -0.25) is 4.90 Å². The summed E-state index contributed by atoms with van der Waals surface area (Å²) in [7, 11) is 0. The van der Waals surface area contributed by atoms with Crippen molar-refractivity contribution in [2.75, 3.05) is 39.3 Å². The maximum atomic E-state index is 5.88. The van der Waals surface area contributed by atoms with Gasteiger partial charge >= 0.3 is 0 Å². The second-order valence-corrected chi connectivity index (χ2v) is 5.79. The first-order chi connectivity index (χ1) is 8.33. The van der Waals surface area contributed by atoms with Gasteiger partial charge in [-0.05, 0) is 25.3 Å². The first kappa shape index (κ1) is 13.3. The van der Waals surface area contributed by atoms with Crippen LogP contribution < -0.4 is 5.73 Å². The molecule has 3 nitrogen and oxygen atoms in total. The third-order valence-electron chi connectivity index (χ3n) is 4.37. The van der Waals surface area contributed by atoms with Crippen molar-refractivity contribution in [3.05, 3.63) is 0 Å². The SMILES string of the molecule is CCCC(CN)N1CCN(CCC2CC2)CC1. The molecule has 0 aromatic carbocycles. The molecule has 1 heterocycles. The van der Waals surface area contributed by atoms with Gasteiger partial charge in [0.25, 0.3) is 0 Å². The number of nitrogens with two attached hydrogens (primary N) is 1. The monoisotopic (exact) mass is 239 g/mol. The Bertz CT molecular complexity index is 208. The zero-order chi connectivity index (χ0) is 12.1. The lowest BCUT2D eigenvalue weighted by atomic mass is 10.1. The van der Waals surface area contributed by atoms with Gasteiger partial charge in [0, 0.05) is 38.8 Å². The Kier molecular flexibility index (Phi) is 5.26. The Morgan fingerprint density at radius 3 is 2.41 bits per heavy atom. The number of hydrogen-bond donors (Lipinski definition) is 1. The molecule has 2 fully saturated rings. The largest absolute Gasteiger partial charge is 0.329 e. The Morgan fingerprint density at radius 1 is 1.18 bits per heavy atom. The van der Waals surface area contributed by atoms with Gasteiger partial charge in [0.15, 0.2) is 0 Å². The summed E-state index contributed by atoms with van der Waals surface area (Å²) in [6, 6.07) is 0.630. The topological polar surface area (TPSA) is 32.5 Å². The molecule has 2 rings (SSSR count). The van der Waals surface area contributed by atoms with Crippen molar-refractivity contribution < 1.29 is 0 Å². The van der Waals surface area contributed by atoms with Gasteiger partial charge in [-0.1, -0.05) is 26.2 Å². The Labute approximate surface area is 106 Å². The van der Waals surface area contributed by atoms with Crippen LogP contribution in [-0.2, 0) is 0 Å². The molecule has 3 heteroatoms. The van der Waals surface area contributed by atoms with Gasteiger partial charge in [0.1, 0.15) is 0 Å². The van der Waals surface area contributed by atoms with Crippen LogP contribution in [-0.4, -0.2) is 55.1 Å². The van der Waals surface area contributed by atoms with Crippen LogP contribution in [0.15, 0.2) is 0 Å². The minimum absolute atomic E-state index is 0.630. The number of piperazine rings is 1. The summed E-state index contributed by atoms with van der Waals surface area (Å²) in [6.45, 7) is 9.39. The normalized spacial score (nSPS) is 25.1. The summed E-state index contributed by atoms with van der Waals surface area (Å²) in [4.78, 5) is 5.26. The van der Waals surface area contributed by atoms with Crippen LogP contribution in [0, 0.1) is 5.92 Å². The summed E-state index contributed by atoms with van der Waals surface area (Å²) in [5.74, 6) is 1.07. The molecule has 1 aliphatic carbocycles. The van der Waals surface area contributed by atoms with E-state index in [0.717, 1.165) is 12.5 Å². The standard InChI is InChI=1S/C14H29N3/c1-2-3-14(12-15)17-10-8-16(9-11-17)7-6-13-4-5-13/h13-14H,2-12,15H2,1H3. The van der Waals surface area contributed by atoms with Crippen molar-refractivity contribution in [2.24, 2.45) is 11.7 Å². The summed E-state index contributed by atoms with van der Waals surface area (Å²) in [6.07, 6.45) is 6.94. The minimum Gasteiger partial charge on any atom is -0.329 e. The predicted octanol–water partition coefficient (Wildman–Crippen LogP) is 1.53. The van der Waals surface area contributed by atoms with E-state index < -0.39 is 0 Å². The Morgan fingerprint density at radius 2 is 1.88 bits per heavy atom. The zero-order valence-corrected chi connectivity index (χ0v) is 11.4. The van der Waals surface area contributed by atoms with E-state index in [4.69, 9.17) is 5.73 Å². The molecule has 2 aliphatic rings. The van der Waals surface area contributed by atoms with Crippen LogP contribution in [0.2, 0.25) is 0 Å². The lowest BCUT2D eigenvalue weighted by Gasteiger charge is -2.39. The van der Waals surface area contributed by atoms with Gasteiger partial charge in [0.2, 0.25) is 0 Å². The molecule has 2 N–H and O–H groups in total. The molecule has 1 saturated carbocycles. The Hall–Kier alpha value is -0.120. The molecule has 0 spiro atoms. The van der Waals surface area contributed by atoms with Crippen LogP contribution in [0.1, 0.15) is 39.0 Å². The molecule has 0 bridgehead atoms. The fraction of sp³-hybridized carbons (Fsp3) is 1.00. The van der Waals surface area contributed by atoms with Gasteiger partial charge in [-0.2, -0.15) is 0 Å². The minimum atomic E-state index is 0.630. The van der Waals surface area contributed by atoms with Crippen molar-refractivity contribution in [1.82, 2.24) is 9.80 Å². The molecule has 1 aliphatic heterocycles. The average Bonchev–Trinajstić information content (AvgIpc) is 3.18. The van der Waals surface area contributed by atoms with E-state index in [0.29, 0.717) is 6.04 Å². The van der Waals surface area contributed by atoms with Crippen molar-refractivity contribution in [3.63, 3.8) is 0 Å². The molecule has 0 aromatic rings. The average molecular weight is 239 g/mol. The van der Waals surface area contributed by atoms with Crippen LogP contribution in [0.3, 0.4) is 0 Å². The molecule has 17 heavy (non-hydrogen) atoms. The van der Waals surface area contributed by atoms with Gasteiger partial charge in [-0.25, -0.2) is 0 Å². The quantitative estimate of drug-likeness (QED) is 0.731. The van der Waals surface area contributed by atoms with Crippen molar-refractivity contribution in [3.8, 4) is 0 Å². The van der Waals surface area contributed by atoms with Crippen molar-refractivity contribution >= 4 is 0 Å². The molecule has 100 valence electrons. The molecule has 1 atom stereocenters. The van der Waals surface area contributed by atoms with E-state index in [1.165, 1.54) is 64.8 Å². The second kappa shape index (κ2) is 6.72. The Balaban J connectivity index is 1.64. The fourth-order valence-electron chi connectivity index (χ4n) is 2.91. The maximum absolute atomic E-state index is 5.88. The first-order valence-corrected chi connectivity index (χ1v) is 7.50. The van der Waals surface area contributed by atoms with Crippen LogP contribution in [0.4, 0.5) is 0 Å². The lowest BCUT2D eigenvalue weighted by Crippen LogP contribution is -2.52. The van der Waals surface area contributed by atoms with E-state index in [2.05, 4.69) is 16.7 Å². The molecule has 1 saturated heterocycles. The highest BCUT2D eigenvalue weighted by molar-refractivity contribution is 4.81. The summed E-state index contributed by atoms with van der Waals surface area (Å²) >= 11 is 0. The highest BCUT2D eigenvalue weighted by Gasteiger charge is 2.25. The first-order valence-electron chi connectivity index (χ1n) is 7.50. The fourth-order valence-corrected chi connectivity index (χ4v) is 2.91. The highest BCUT2D eigenvalue weighted by atomic mass is 15.3. The lowest BCUT2D eigenvalue weighted by molar-refractivity contribution is 0.0930. The molecule has 0 aromatic heterocycles. The number of nitrogens with zero attached hydrogens (tertiary/aromatic N) is 2. The van der Waals surface area contributed by atoms with Crippen LogP contribution >= 0.6 is 0 Å². The molecular weight excluding hydrogens is 210 g/mol. The predicted molar refractivity (Wildman–Crippen MR) is 73.1 cm³/mol. The smallest absolute Gasteiger partial charge is 0.0219 e. The number of rotatable bonds is 7. The van der Waals surface area contributed by atoms with E-state index in [-0.39, 0.29) is 0 Å². The second-order valence-electron chi connectivity index (χ2n) is 5.79. The number of hydrogen-bond acceptors (Lipinski definition) is 3. The summed E-state index contributed by atoms with van der Waals surface area (Å²) < 4.78 is 0. The zero-order valence-electron chi connectivity index (χ0n) is 11.4. The third-order valence-corrected chi connectivity index (χ3v) is 4.37. The molecule has 1 unspecified atom stereocenters. The third kappa shape index (κ3) is 4.23. The molecule has 0 radical (unpaired) electrons. The van der Waals surface area contributed by atoms with Gasteiger partial charge in [-0.15, -0.1) is 0 Å². The van der Waals surface area contributed by atoms with Gasteiger partial charge in [0.05, 0.1) is 0 Å². The molecule has 0 amide bonds. The summed E-state index contributed by atoms with van der Waals surface area (Å²) in [5.41, 5.74) is 5.88. The highest BCUT2D eigenvalue weighted by Crippen LogP contribution is 2.32. The van der Waals surface area contributed by atoms with Crippen molar-refractivity contribution in [1.29, 1.82) is 0 Å². The maximum Gasteiger partial charge on any atom is 0.0219 e. The van der Waals surface area contributed by atoms with Crippen molar-refractivity contribution in [2.45, 2.75) is 45.1 Å². The van der Waals surface area contributed by atoms with Crippen LogP contribution in [0.5, 0.6) is 0 Å². The van der Waals surface area contributed by atoms with E-state index in [9.17, 15) is 0 Å². The van der Waals surface area contributed by atoms with Crippen LogP contribution in [0.25, 0.3) is 0 Å². The summed E-state index contributed by atoms with van der Waals surface area (Å²) in [5, 5.41) is 0. The van der Waals surface area contributed by atoms with Gasteiger partial charge < -0.3 is 10.6 Å². The van der Waals surface area contributed by atoms with E-state index in [1.807, 2.05) is 0 Å².